The van der Waals surface area contributed by atoms with Gasteiger partial charge in [0, 0.05) is 5.02 Å². The molecule has 0 aliphatic carbocycles. The van der Waals surface area contributed by atoms with Crippen LogP contribution in [0.2, 0.25) is 5.02 Å². The van der Waals surface area contributed by atoms with Crippen LogP contribution in [-0.4, -0.2) is 12.2 Å². The molecule has 0 bridgehead atoms. The Morgan fingerprint density at radius 2 is 1.20 bits per heavy atom. The SMILES string of the molecule is O=C=Nc1ccc(Cl)cc1.O=C=Nc1ccc(F)cc1. The second-order valence-corrected chi connectivity index (χ2v) is 3.80. The minimum absolute atomic E-state index is 0.343. The average Bonchev–Trinajstić information content (AvgIpc) is 2.45. The van der Waals surface area contributed by atoms with Crippen LogP contribution in [0, 0.1) is 5.82 Å². The van der Waals surface area contributed by atoms with Crippen LogP contribution in [0.3, 0.4) is 0 Å². The third kappa shape index (κ3) is 5.85. The minimum Gasteiger partial charge on any atom is -0.211 e. The molecule has 6 heteroatoms. The van der Waals surface area contributed by atoms with E-state index in [4.69, 9.17) is 11.6 Å². The van der Waals surface area contributed by atoms with Crippen LogP contribution in [0.25, 0.3) is 0 Å². The Kier molecular flexibility index (Phi) is 6.59. The fraction of sp³-hybridized carbons (Fsp3) is 0. The van der Waals surface area contributed by atoms with E-state index in [2.05, 4.69) is 9.98 Å². The zero-order valence-corrected chi connectivity index (χ0v) is 10.8. The smallest absolute Gasteiger partial charge is 0.211 e. The van der Waals surface area contributed by atoms with Gasteiger partial charge in [-0.1, -0.05) is 11.6 Å². The van der Waals surface area contributed by atoms with E-state index < -0.39 is 0 Å². The summed E-state index contributed by atoms with van der Waals surface area (Å²) in [6.45, 7) is 0. The van der Waals surface area contributed by atoms with E-state index in [1.165, 1.54) is 36.4 Å². The lowest BCUT2D eigenvalue weighted by atomic mass is 10.3. The number of nitrogens with zero attached hydrogens (tertiary/aromatic N) is 2. The number of isocyanates is 2. The van der Waals surface area contributed by atoms with Crippen molar-refractivity contribution in [2.75, 3.05) is 0 Å². The molecule has 0 N–H and O–H groups in total. The van der Waals surface area contributed by atoms with Gasteiger partial charge in [0.05, 0.1) is 11.4 Å². The van der Waals surface area contributed by atoms with Crippen LogP contribution in [-0.2, 0) is 9.59 Å². The predicted molar refractivity (Wildman–Crippen MR) is 73.4 cm³/mol. The highest BCUT2D eigenvalue weighted by Crippen LogP contribution is 2.14. The van der Waals surface area contributed by atoms with Crippen LogP contribution >= 0.6 is 11.6 Å². The van der Waals surface area contributed by atoms with Crippen molar-refractivity contribution in [3.05, 3.63) is 59.4 Å². The molecule has 0 atom stereocenters. The molecule has 0 aliphatic rings. The second-order valence-electron chi connectivity index (χ2n) is 3.36. The van der Waals surface area contributed by atoms with Gasteiger partial charge in [0.15, 0.2) is 0 Å². The van der Waals surface area contributed by atoms with Crippen LogP contribution in [0.15, 0.2) is 58.5 Å². The molecule has 0 aromatic heterocycles. The molecule has 0 unspecified atom stereocenters. The van der Waals surface area contributed by atoms with Gasteiger partial charge in [0.1, 0.15) is 5.82 Å². The molecule has 2 aromatic rings. The molecule has 2 rings (SSSR count). The summed E-state index contributed by atoms with van der Waals surface area (Å²) in [6.07, 6.45) is 2.79. The molecular formula is C14H8ClFN2O2. The van der Waals surface area contributed by atoms with Crippen molar-refractivity contribution in [2.24, 2.45) is 9.98 Å². The van der Waals surface area contributed by atoms with Gasteiger partial charge < -0.3 is 0 Å². The van der Waals surface area contributed by atoms with E-state index in [1.54, 1.807) is 24.3 Å². The number of rotatable bonds is 2. The third-order valence-corrected chi connectivity index (χ3v) is 2.25. The predicted octanol–water partition coefficient (Wildman–Crippen LogP) is 4.10. The zero-order valence-electron chi connectivity index (χ0n) is 10.1. The van der Waals surface area contributed by atoms with E-state index >= 15 is 0 Å². The molecule has 0 amide bonds. The molecule has 0 spiro atoms. The van der Waals surface area contributed by atoms with E-state index in [-0.39, 0.29) is 5.82 Å². The van der Waals surface area contributed by atoms with Gasteiger partial charge in [0.2, 0.25) is 12.2 Å². The lowest BCUT2D eigenvalue weighted by Gasteiger charge is -1.88. The monoisotopic (exact) mass is 290 g/mol. The van der Waals surface area contributed by atoms with Gasteiger partial charge >= 0.3 is 0 Å². The molecule has 0 saturated carbocycles. The molecule has 0 heterocycles. The van der Waals surface area contributed by atoms with Crippen molar-refractivity contribution in [3.63, 3.8) is 0 Å². The topological polar surface area (TPSA) is 58.9 Å². The number of hydrogen-bond donors (Lipinski definition) is 0. The van der Waals surface area contributed by atoms with Crippen molar-refractivity contribution in [1.82, 2.24) is 0 Å². The summed E-state index contributed by atoms with van der Waals surface area (Å²) < 4.78 is 12.2. The van der Waals surface area contributed by atoms with Gasteiger partial charge in [0.25, 0.3) is 0 Å². The lowest BCUT2D eigenvalue weighted by Crippen LogP contribution is -1.68. The van der Waals surface area contributed by atoms with Crippen LogP contribution in [0.1, 0.15) is 0 Å². The fourth-order valence-electron chi connectivity index (χ4n) is 1.14. The summed E-state index contributed by atoms with van der Waals surface area (Å²) in [5.41, 5.74) is 0.982. The Morgan fingerprint density at radius 3 is 1.60 bits per heavy atom. The molecular weight excluding hydrogens is 283 g/mol. The van der Waals surface area contributed by atoms with Crippen molar-refractivity contribution < 1.29 is 14.0 Å². The van der Waals surface area contributed by atoms with Gasteiger partial charge in [-0.3, -0.25) is 0 Å². The van der Waals surface area contributed by atoms with Crippen molar-refractivity contribution >= 4 is 35.1 Å². The lowest BCUT2D eigenvalue weighted by molar-refractivity contribution is 0.564. The second kappa shape index (κ2) is 8.51. The maximum atomic E-state index is 12.2. The van der Waals surface area contributed by atoms with Crippen LogP contribution in [0.4, 0.5) is 15.8 Å². The van der Waals surface area contributed by atoms with Crippen LogP contribution < -0.4 is 0 Å². The quantitative estimate of drug-likeness (QED) is 0.617. The number of aliphatic imine (C=N–C) groups is 2. The highest BCUT2D eigenvalue weighted by molar-refractivity contribution is 6.30. The van der Waals surface area contributed by atoms with Gasteiger partial charge in [-0.05, 0) is 48.5 Å². The summed E-state index contributed by atoms with van der Waals surface area (Å²) in [5.74, 6) is -0.343. The standard InChI is InChI=1S/C7H4ClNO.C7H4FNO/c2*8-6-1-3-7(4-2-6)9-5-10/h2*1-4H. The minimum atomic E-state index is -0.343. The summed E-state index contributed by atoms with van der Waals surface area (Å²) >= 11 is 5.57. The van der Waals surface area contributed by atoms with Gasteiger partial charge in [-0.15, -0.1) is 0 Å². The molecule has 0 saturated heterocycles. The molecule has 0 aliphatic heterocycles. The zero-order chi connectivity index (χ0) is 14.8. The summed E-state index contributed by atoms with van der Waals surface area (Å²) in [7, 11) is 0. The largest absolute Gasteiger partial charge is 0.240 e. The van der Waals surface area contributed by atoms with E-state index in [0.717, 1.165) is 0 Å². The molecule has 4 nitrogen and oxygen atoms in total. The van der Waals surface area contributed by atoms with Crippen LogP contribution in [0.5, 0.6) is 0 Å². The first-order valence-electron chi connectivity index (χ1n) is 5.32. The number of halogens is 2. The first-order valence-corrected chi connectivity index (χ1v) is 5.70. The average molecular weight is 291 g/mol. The normalized spacial score (nSPS) is 8.50. The molecule has 100 valence electrons. The van der Waals surface area contributed by atoms with Gasteiger partial charge in [-0.25, -0.2) is 14.0 Å². The molecule has 0 radical (unpaired) electrons. The maximum Gasteiger partial charge on any atom is 0.240 e. The Balaban J connectivity index is 0.000000200. The first kappa shape index (κ1) is 15.5. The van der Waals surface area contributed by atoms with Crippen molar-refractivity contribution in [3.8, 4) is 0 Å². The van der Waals surface area contributed by atoms with Gasteiger partial charge in [-0.2, -0.15) is 9.98 Å². The number of hydrogen-bond acceptors (Lipinski definition) is 4. The molecule has 2 aromatic carbocycles. The van der Waals surface area contributed by atoms with Crippen molar-refractivity contribution in [1.29, 1.82) is 0 Å². The Labute approximate surface area is 119 Å². The summed E-state index contributed by atoms with van der Waals surface area (Å²) in [6, 6.07) is 11.9. The molecule has 0 fully saturated rings. The first-order chi connectivity index (χ1) is 9.65. The number of carbonyl (C=O) groups excluding carboxylic acids is 2. The van der Waals surface area contributed by atoms with Crippen molar-refractivity contribution in [2.45, 2.75) is 0 Å². The van der Waals surface area contributed by atoms with E-state index in [1.807, 2.05) is 0 Å². The summed E-state index contributed by atoms with van der Waals surface area (Å²) in [5, 5.41) is 0.629. The maximum absolute atomic E-state index is 12.2. The highest BCUT2D eigenvalue weighted by Gasteiger charge is 1.88. The number of benzene rings is 2. The Hall–Kier alpha value is -2.58. The van der Waals surface area contributed by atoms with E-state index in [0.29, 0.717) is 16.4 Å². The Morgan fingerprint density at radius 1 is 0.800 bits per heavy atom. The highest BCUT2D eigenvalue weighted by atomic mass is 35.5. The van der Waals surface area contributed by atoms with E-state index in [9.17, 15) is 14.0 Å². The fourth-order valence-corrected chi connectivity index (χ4v) is 1.26. The third-order valence-electron chi connectivity index (χ3n) is 2.00. The summed E-state index contributed by atoms with van der Waals surface area (Å²) in [4.78, 5) is 26.1. The Bertz CT molecular complexity index is 584. The molecule has 20 heavy (non-hydrogen) atoms.